The summed E-state index contributed by atoms with van der Waals surface area (Å²) >= 11 is 1.38. The molecule has 0 unspecified atom stereocenters. The van der Waals surface area contributed by atoms with Crippen LogP contribution in [0, 0.1) is 0 Å². The number of amides is 1. The van der Waals surface area contributed by atoms with Gasteiger partial charge in [0.25, 0.3) is 5.91 Å². The lowest BCUT2D eigenvalue weighted by Crippen LogP contribution is -2.35. The second-order valence-electron chi connectivity index (χ2n) is 6.03. The van der Waals surface area contributed by atoms with E-state index in [0.717, 1.165) is 16.7 Å². The van der Waals surface area contributed by atoms with Crippen molar-refractivity contribution < 1.29 is 4.79 Å². The third-order valence-electron chi connectivity index (χ3n) is 4.31. The number of nitrogens with one attached hydrogen (secondary N) is 1. The molecule has 0 atom stereocenters. The van der Waals surface area contributed by atoms with E-state index < -0.39 is 4.75 Å². The second-order valence-corrected chi connectivity index (χ2v) is 7.23. The zero-order chi connectivity index (χ0) is 18.5. The SMILES string of the molecule is O=C1N/C(=N\N=C/c2ccccc2)SC1(c1ccccc1)c1ccccc1. The summed E-state index contributed by atoms with van der Waals surface area (Å²) in [5.74, 6) is -0.112. The minimum Gasteiger partial charge on any atom is -0.302 e. The van der Waals surface area contributed by atoms with Crippen molar-refractivity contribution in [1.29, 1.82) is 0 Å². The Morgan fingerprint density at radius 2 is 1.30 bits per heavy atom. The number of hydrogen-bond acceptors (Lipinski definition) is 4. The molecule has 0 aliphatic carbocycles. The van der Waals surface area contributed by atoms with Crippen molar-refractivity contribution >= 4 is 29.1 Å². The molecule has 0 radical (unpaired) electrons. The Kier molecular flexibility index (Phi) is 4.85. The molecule has 1 aliphatic heterocycles. The Bertz CT molecular complexity index is 946. The lowest BCUT2D eigenvalue weighted by Gasteiger charge is -2.25. The van der Waals surface area contributed by atoms with E-state index in [1.165, 1.54) is 11.8 Å². The van der Waals surface area contributed by atoms with Gasteiger partial charge in [0.05, 0.1) is 6.21 Å². The van der Waals surface area contributed by atoms with Gasteiger partial charge in [0.15, 0.2) is 9.91 Å². The van der Waals surface area contributed by atoms with E-state index in [-0.39, 0.29) is 5.91 Å². The highest BCUT2D eigenvalue weighted by molar-refractivity contribution is 8.16. The second kappa shape index (κ2) is 7.60. The van der Waals surface area contributed by atoms with Gasteiger partial charge in [-0.2, -0.15) is 5.10 Å². The van der Waals surface area contributed by atoms with Crippen LogP contribution in [0.25, 0.3) is 0 Å². The summed E-state index contributed by atoms with van der Waals surface area (Å²) < 4.78 is -0.871. The number of carbonyl (C=O) groups is 1. The first-order valence-corrected chi connectivity index (χ1v) is 9.38. The zero-order valence-corrected chi connectivity index (χ0v) is 15.3. The van der Waals surface area contributed by atoms with Gasteiger partial charge in [-0.3, -0.25) is 4.79 Å². The number of amidine groups is 1. The van der Waals surface area contributed by atoms with Crippen LogP contribution in [0.3, 0.4) is 0 Å². The van der Waals surface area contributed by atoms with Gasteiger partial charge in [-0.05, 0) is 16.7 Å². The fourth-order valence-electron chi connectivity index (χ4n) is 3.03. The zero-order valence-electron chi connectivity index (χ0n) is 14.4. The van der Waals surface area contributed by atoms with Crippen LogP contribution in [0.1, 0.15) is 16.7 Å². The highest BCUT2D eigenvalue weighted by Crippen LogP contribution is 2.46. The van der Waals surface area contributed by atoms with E-state index >= 15 is 0 Å². The number of hydrogen-bond donors (Lipinski definition) is 1. The Balaban J connectivity index is 1.70. The number of carbonyl (C=O) groups excluding carboxylic acids is 1. The van der Waals surface area contributed by atoms with Gasteiger partial charge in [0.2, 0.25) is 0 Å². The van der Waals surface area contributed by atoms with Gasteiger partial charge in [-0.25, -0.2) is 0 Å². The van der Waals surface area contributed by atoms with Crippen molar-refractivity contribution in [2.45, 2.75) is 4.75 Å². The Morgan fingerprint density at radius 1 is 0.778 bits per heavy atom. The number of benzene rings is 3. The summed E-state index contributed by atoms with van der Waals surface area (Å²) in [5, 5.41) is 11.7. The molecule has 1 N–H and O–H groups in total. The Labute approximate surface area is 162 Å². The van der Waals surface area contributed by atoms with E-state index in [0.29, 0.717) is 5.17 Å². The highest BCUT2D eigenvalue weighted by atomic mass is 32.2. The number of rotatable bonds is 4. The highest BCUT2D eigenvalue weighted by Gasteiger charge is 2.49. The van der Waals surface area contributed by atoms with E-state index in [1.54, 1.807) is 6.21 Å². The molecule has 1 aliphatic rings. The van der Waals surface area contributed by atoms with Crippen LogP contribution in [-0.2, 0) is 9.54 Å². The molecule has 0 saturated carbocycles. The molecule has 1 heterocycles. The molecule has 3 aromatic rings. The van der Waals surface area contributed by atoms with Crippen LogP contribution in [0.15, 0.2) is 101 Å². The molecule has 0 bridgehead atoms. The summed E-state index contributed by atoms with van der Waals surface area (Å²) in [6.07, 6.45) is 1.67. The van der Waals surface area contributed by atoms with Crippen LogP contribution in [-0.4, -0.2) is 17.3 Å². The largest absolute Gasteiger partial charge is 0.302 e. The predicted molar refractivity (Wildman–Crippen MR) is 111 cm³/mol. The minimum atomic E-state index is -0.871. The first-order valence-electron chi connectivity index (χ1n) is 8.56. The van der Waals surface area contributed by atoms with E-state index in [1.807, 2.05) is 91.0 Å². The van der Waals surface area contributed by atoms with Gasteiger partial charge < -0.3 is 5.32 Å². The maximum absolute atomic E-state index is 13.1. The van der Waals surface area contributed by atoms with E-state index in [9.17, 15) is 4.79 Å². The van der Waals surface area contributed by atoms with Crippen LogP contribution >= 0.6 is 11.8 Å². The lowest BCUT2D eigenvalue weighted by atomic mass is 9.89. The van der Waals surface area contributed by atoms with Crippen molar-refractivity contribution in [2.75, 3.05) is 0 Å². The summed E-state index contributed by atoms with van der Waals surface area (Å²) in [7, 11) is 0. The van der Waals surface area contributed by atoms with Crippen molar-refractivity contribution in [1.82, 2.24) is 5.32 Å². The van der Waals surface area contributed by atoms with Crippen LogP contribution in [0.4, 0.5) is 0 Å². The van der Waals surface area contributed by atoms with Gasteiger partial charge in [-0.1, -0.05) is 103 Å². The fourth-order valence-corrected chi connectivity index (χ4v) is 4.20. The van der Waals surface area contributed by atoms with Gasteiger partial charge in [0, 0.05) is 0 Å². The quantitative estimate of drug-likeness (QED) is 0.552. The van der Waals surface area contributed by atoms with Gasteiger partial charge in [-0.15, -0.1) is 5.10 Å². The van der Waals surface area contributed by atoms with Crippen LogP contribution in [0.5, 0.6) is 0 Å². The van der Waals surface area contributed by atoms with Gasteiger partial charge in [0.1, 0.15) is 0 Å². The van der Waals surface area contributed by atoms with Crippen LogP contribution in [0.2, 0.25) is 0 Å². The number of thioether (sulfide) groups is 1. The van der Waals surface area contributed by atoms with Crippen molar-refractivity contribution in [2.24, 2.45) is 10.2 Å². The van der Waals surface area contributed by atoms with E-state index in [2.05, 4.69) is 15.5 Å². The summed E-state index contributed by atoms with van der Waals surface area (Å²) in [4.78, 5) is 13.1. The summed E-state index contributed by atoms with van der Waals surface area (Å²) in [5.41, 5.74) is 2.78. The molecule has 1 saturated heterocycles. The van der Waals surface area contributed by atoms with E-state index in [4.69, 9.17) is 0 Å². The average Bonchev–Trinajstić information content (AvgIpc) is 3.07. The van der Waals surface area contributed by atoms with Crippen LogP contribution < -0.4 is 5.32 Å². The molecular weight excluding hydrogens is 354 g/mol. The van der Waals surface area contributed by atoms with Crippen molar-refractivity contribution in [3.8, 4) is 0 Å². The Morgan fingerprint density at radius 3 is 1.85 bits per heavy atom. The normalized spacial score (nSPS) is 17.3. The molecule has 1 fully saturated rings. The van der Waals surface area contributed by atoms with Crippen molar-refractivity contribution in [3.05, 3.63) is 108 Å². The third-order valence-corrected chi connectivity index (χ3v) is 5.65. The minimum absolute atomic E-state index is 0.112. The molecule has 3 aromatic carbocycles. The Hall–Kier alpha value is -3.18. The molecule has 5 heteroatoms. The smallest absolute Gasteiger partial charge is 0.251 e. The molecule has 4 nitrogen and oxygen atoms in total. The first kappa shape index (κ1) is 17.2. The molecule has 0 aromatic heterocycles. The topological polar surface area (TPSA) is 53.8 Å². The predicted octanol–water partition coefficient (Wildman–Crippen LogP) is 4.18. The average molecular weight is 371 g/mol. The molecule has 4 rings (SSSR count). The maximum Gasteiger partial charge on any atom is 0.251 e. The van der Waals surface area contributed by atoms with Crippen molar-refractivity contribution in [3.63, 3.8) is 0 Å². The maximum atomic E-state index is 13.1. The fraction of sp³-hybridized carbons (Fsp3) is 0.0455. The molecule has 132 valence electrons. The molecular formula is C22H17N3OS. The first-order chi connectivity index (χ1) is 13.3. The van der Waals surface area contributed by atoms with Gasteiger partial charge >= 0.3 is 0 Å². The summed E-state index contributed by atoms with van der Waals surface area (Å²) in [6.45, 7) is 0. The number of nitrogens with zero attached hydrogens (tertiary/aromatic N) is 2. The monoisotopic (exact) mass is 371 g/mol. The third kappa shape index (κ3) is 3.41. The summed E-state index contributed by atoms with van der Waals surface area (Å²) in [6, 6.07) is 29.2. The molecule has 27 heavy (non-hydrogen) atoms. The molecule has 1 amide bonds. The lowest BCUT2D eigenvalue weighted by molar-refractivity contribution is -0.120. The molecule has 0 spiro atoms. The standard InChI is InChI=1S/C22H17N3OS/c26-20-22(18-12-6-2-7-13-18,19-14-8-3-9-15-19)27-21(24-20)25-23-16-17-10-4-1-5-11-17/h1-16H,(H,24,25,26)/b23-16-.